The van der Waals surface area contributed by atoms with E-state index in [1.165, 1.54) is 23.7 Å². The molecule has 1 saturated carbocycles. The fraction of sp³-hybridized carbons (Fsp3) is 0.438. The first kappa shape index (κ1) is 16.3. The van der Waals surface area contributed by atoms with Crippen molar-refractivity contribution >= 4 is 17.2 Å². The zero-order valence-electron chi connectivity index (χ0n) is 13.2. The number of aromatic nitrogens is 3. The lowest BCUT2D eigenvalue weighted by molar-refractivity contribution is 0.0885. The van der Waals surface area contributed by atoms with Crippen molar-refractivity contribution in [2.24, 2.45) is 0 Å². The van der Waals surface area contributed by atoms with Gasteiger partial charge in [-0.1, -0.05) is 0 Å². The molecule has 0 bridgehead atoms. The van der Waals surface area contributed by atoms with Crippen molar-refractivity contribution in [1.29, 1.82) is 5.26 Å². The van der Waals surface area contributed by atoms with E-state index < -0.39 is 0 Å². The second-order valence-electron chi connectivity index (χ2n) is 5.64. The Bertz CT molecular complexity index is 762. The summed E-state index contributed by atoms with van der Waals surface area (Å²) in [7, 11) is 0. The number of ether oxygens (including phenoxy) is 1. The van der Waals surface area contributed by atoms with Gasteiger partial charge in [0.05, 0.1) is 5.01 Å². The van der Waals surface area contributed by atoms with Gasteiger partial charge in [-0.2, -0.15) is 5.26 Å². The van der Waals surface area contributed by atoms with E-state index in [4.69, 9.17) is 10.00 Å². The lowest BCUT2D eigenvalue weighted by Crippen LogP contribution is -2.40. The summed E-state index contributed by atoms with van der Waals surface area (Å²) in [6.07, 6.45) is 6.20. The molecular weight excluding hydrogens is 326 g/mol. The highest BCUT2D eigenvalue weighted by Gasteiger charge is 2.25. The van der Waals surface area contributed by atoms with E-state index in [0.717, 1.165) is 30.7 Å². The maximum absolute atomic E-state index is 12.1. The van der Waals surface area contributed by atoms with E-state index in [-0.39, 0.29) is 29.6 Å². The van der Waals surface area contributed by atoms with Crippen LogP contribution >= 0.6 is 11.3 Å². The van der Waals surface area contributed by atoms with Crippen LogP contribution in [0.2, 0.25) is 0 Å². The highest BCUT2D eigenvalue weighted by molar-refractivity contribution is 7.09. The van der Waals surface area contributed by atoms with E-state index in [1.807, 2.05) is 13.0 Å². The normalized spacial score (nSPS) is 20.2. The highest BCUT2D eigenvalue weighted by atomic mass is 32.1. The van der Waals surface area contributed by atoms with Crippen LogP contribution in [0.5, 0.6) is 5.88 Å². The first-order valence-corrected chi connectivity index (χ1v) is 8.64. The fourth-order valence-electron chi connectivity index (χ4n) is 2.70. The Morgan fingerprint density at radius 3 is 2.75 bits per heavy atom. The average molecular weight is 343 g/mol. The minimum Gasteiger partial charge on any atom is -0.472 e. The summed E-state index contributed by atoms with van der Waals surface area (Å²) in [5.41, 5.74) is 0.681. The Kier molecular flexibility index (Phi) is 5.01. The van der Waals surface area contributed by atoms with E-state index >= 15 is 0 Å². The van der Waals surface area contributed by atoms with Crippen LogP contribution < -0.4 is 10.1 Å². The van der Waals surface area contributed by atoms with E-state index in [2.05, 4.69) is 20.3 Å². The third kappa shape index (κ3) is 3.86. The van der Waals surface area contributed by atoms with Crippen LogP contribution in [0.25, 0.3) is 0 Å². The Balaban J connectivity index is 1.51. The molecule has 1 N–H and O–H groups in total. The number of thiazole rings is 1. The molecule has 24 heavy (non-hydrogen) atoms. The van der Waals surface area contributed by atoms with Crippen molar-refractivity contribution in [3.8, 4) is 11.9 Å². The lowest BCUT2D eigenvalue weighted by Gasteiger charge is -2.29. The Labute approximate surface area is 143 Å². The largest absolute Gasteiger partial charge is 0.472 e. The van der Waals surface area contributed by atoms with Gasteiger partial charge in [0.2, 0.25) is 5.69 Å². The van der Waals surface area contributed by atoms with Gasteiger partial charge in [-0.15, -0.1) is 11.3 Å². The van der Waals surface area contributed by atoms with Gasteiger partial charge in [0.1, 0.15) is 17.9 Å². The first-order chi connectivity index (χ1) is 11.7. The summed E-state index contributed by atoms with van der Waals surface area (Å²) in [4.78, 5) is 24.3. The Morgan fingerprint density at radius 1 is 1.33 bits per heavy atom. The molecule has 7 nitrogen and oxygen atoms in total. The Hall–Kier alpha value is -2.53. The van der Waals surface area contributed by atoms with Crippen LogP contribution in [-0.4, -0.2) is 33.0 Å². The van der Waals surface area contributed by atoms with E-state index in [0.29, 0.717) is 5.69 Å². The molecule has 0 spiro atoms. The van der Waals surface area contributed by atoms with Gasteiger partial charge in [-0.3, -0.25) is 4.79 Å². The second kappa shape index (κ2) is 7.36. The molecule has 1 aliphatic rings. The number of amides is 1. The topological polar surface area (TPSA) is 101 Å². The zero-order chi connectivity index (χ0) is 16.9. The molecule has 0 atom stereocenters. The van der Waals surface area contributed by atoms with E-state index in [9.17, 15) is 4.79 Å². The maximum Gasteiger partial charge on any atom is 0.270 e. The predicted molar refractivity (Wildman–Crippen MR) is 87.7 cm³/mol. The summed E-state index contributed by atoms with van der Waals surface area (Å²) in [5.74, 6) is 0.162. The summed E-state index contributed by atoms with van der Waals surface area (Å²) in [6, 6.07) is 2.10. The number of hydrogen-bond acceptors (Lipinski definition) is 7. The minimum absolute atomic E-state index is 0.0107. The molecule has 0 aromatic carbocycles. The van der Waals surface area contributed by atoms with Crippen molar-refractivity contribution in [3.63, 3.8) is 0 Å². The number of aryl methyl sites for hydroxylation is 1. The fourth-order valence-corrected chi connectivity index (χ4v) is 3.29. The van der Waals surface area contributed by atoms with Crippen LogP contribution in [0.1, 0.15) is 46.9 Å². The molecule has 0 aliphatic heterocycles. The first-order valence-electron chi connectivity index (χ1n) is 7.76. The maximum atomic E-state index is 12.1. The minimum atomic E-state index is -0.121. The smallest absolute Gasteiger partial charge is 0.270 e. The van der Waals surface area contributed by atoms with Gasteiger partial charge in [-0.25, -0.2) is 15.0 Å². The van der Waals surface area contributed by atoms with Crippen LogP contribution in [-0.2, 0) is 0 Å². The standard InChI is InChI=1S/C16H17N5O2S/c1-10-20-14(9-24-10)15(22)21-11-2-4-12(5-3-11)23-16-13(8-17)18-6-7-19-16/h6-7,9,11-12H,2-5H2,1H3,(H,21,22). The van der Waals surface area contributed by atoms with Gasteiger partial charge in [-0.05, 0) is 32.6 Å². The van der Waals surface area contributed by atoms with Crippen molar-refractivity contribution < 1.29 is 9.53 Å². The number of carbonyl (C=O) groups is 1. The molecule has 2 heterocycles. The number of rotatable bonds is 4. The summed E-state index contributed by atoms with van der Waals surface area (Å²) in [6.45, 7) is 1.88. The molecule has 2 aromatic heterocycles. The molecule has 1 amide bonds. The van der Waals surface area contributed by atoms with Crippen molar-refractivity contribution in [2.75, 3.05) is 0 Å². The molecular formula is C16H17N5O2S. The number of hydrogen-bond donors (Lipinski definition) is 1. The molecule has 0 radical (unpaired) electrons. The van der Waals surface area contributed by atoms with E-state index in [1.54, 1.807) is 5.38 Å². The number of nitrogens with zero attached hydrogens (tertiary/aromatic N) is 4. The van der Waals surface area contributed by atoms with Crippen molar-refractivity contribution in [2.45, 2.75) is 44.8 Å². The summed E-state index contributed by atoms with van der Waals surface area (Å²) < 4.78 is 5.80. The van der Waals surface area contributed by atoms with Crippen LogP contribution in [0.3, 0.4) is 0 Å². The SMILES string of the molecule is Cc1nc(C(=O)NC2CCC(Oc3nccnc3C#N)CC2)cs1. The average Bonchev–Trinajstić information content (AvgIpc) is 3.04. The molecule has 1 fully saturated rings. The molecule has 0 unspecified atom stereocenters. The third-order valence-corrected chi connectivity index (χ3v) is 4.68. The number of nitrogens with one attached hydrogen (secondary N) is 1. The number of carbonyl (C=O) groups excluding carboxylic acids is 1. The predicted octanol–water partition coefficient (Wildman–Crippen LogP) is 2.23. The highest BCUT2D eigenvalue weighted by Crippen LogP contribution is 2.24. The molecule has 124 valence electrons. The summed E-state index contributed by atoms with van der Waals surface area (Å²) in [5, 5.41) is 14.7. The summed E-state index contributed by atoms with van der Waals surface area (Å²) >= 11 is 1.47. The molecule has 0 saturated heterocycles. The lowest BCUT2D eigenvalue weighted by atomic mass is 9.93. The quantitative estimate of drug-likeness (QED) is 0.913. The Morgan fingerprint density at radius 2 is 2.08 bits per heavy atom. The van der Waals surface area contributed by atoms with Crippen LogP contribution in [0.15, 0.2) is 17.8 Å². The van der Waals surface area contributed by atoms with Crippen molar-refractivity contribution in [1.82, 2.24) is 20.3 Å². The number of nitriles is 1. The molecule has 3 rings (SSSR count). The monoisotopic (exact) mass is 343 g/mol. The van der Waals surface area contributed by atoms with Gasteiger partial charge < -0.3 is 10.1 Å². The molecule has 1 aliphatic carbocycles. The molecule has 2 aromatic rings. The second-order valence-corrected chi connectivity index (χ2v) is 6.70. The van der Waals surface area contributed by atoms with Crippen LogP contribution in [0.4, 0.5) is 0 Å². The molecule has 8 heteroatoms. The zero-order valence-corrected chi connectivity index (χ0v) is 14.0. The van der Waals surface area contributed by atoms with Crippen molar-refractivity contribution in [3.05, 3.63) is 34.2 Å². The van der Waals surface area contributed by atoms with Gasteiger partial charge in [0.25, 0.3) is 11.8 Å². The van der Waals surface area contributed by atoms with Gasteiger partial charge >= 0.3 is 0 Å². The van der Waals surface area contributed by atoms with Crippen LogP contribution in [0, 0.1) is 18.3 Å². The van der Waals surface area contributed by atoms with Gasteiger partial charge in [0.15, 0.2) is 0 Å². The third-order valence-electron chi connectivity index (χ3n) is 3.91. The van der Waals surface area contributed by atoms with Gasteiger partial charge in [0, 0.05) is 23.8 Å².